The monoisotopic (exact) mass is 351 g/mol. The average molecular weight is 352 g/mol. The zero-order valence-electron chi connectivity index (χ0n) is 16.2. The van der Waals surface area contributed by atoms with Crippen molar-refractivity contribution in [2.24, 2.45) is 17.6 Å². The summed E-state index contributed by atoms with van der Waals surface area (Å²) in [5.74, 6) is 1.57. The molecule has 0 aliphatic carbocycles. The highest BCUT2D eigenvalue weighted by Gasteiger charge is 2.26. The SMILES string of the molecule is C=C(OC(CC(C)C)CN1CCCCC1)C1CCCN(CC(N)=O)C1. The van der Waals surface area contributed by atoms with Crippen molar-refractivity contribution < 1.29 is 9.53 Å². The van der Waals surface area contributed by atoms with Crippen LogP contribution >= 0.6 is 0 Å². The molecule has 144 valence electrons. The molecule has 2 fully saturated rings. The van der Waals surface area contributed by atoms with Gasteiger partial charge in [-0.1, -0.05) is 26.8 Å². The van der Waals surface area contributed by atoms with E-state index in [9.17, 15) is 4.79 Å². The fourth-order valence-corrected chi connectivity index (χ4v) is 4.11. The Labute approximate surface area is 153 Å². The van der Waals surface area contributed by atoms with Crippen molar-refractivity contribution in [3.05, 3.63) is 12.3 Å². The van der Waals surface area contributed by atoms with Crippen molar-refractivity contribution >= 4 is 5.91 Å². The molecule has 2 saturated heterocycles. The van der Waals surface area contributed by atoms with Crippen molar-refractivity contribution in [1.82, 2.24) is 9.80 Å². The molecule has 2 aliphatic heterocycles. The molecular weight excluding hydrogens is 314 g/mol. The molecule has 1 amide bonds. The minimum absolute atomic E-state index is 0.220. The summed E-state index contributed by atoms with van der Waals surface area (Å²) in [5, 5.41) is 0. The van der Waals surface area contributed by atoms with E-state index in [1.165, 1.54) is 32.4 Å². The van der Waals surface area contributed by atoms with E-state index in [0.29, 0.717) is 18.4 Å². The number of nitrogens with two attached hydrogens (primary N) is 1. The minimum Gasteiger partial charge on any atom is -0.494 e. The lowest BCUT2D eigenvalue weighted by Gasteiger charge is -2.36. The fourth-order valence-electron chi connectivity index (χ4n) is 4.11. The van der Waals surface area contributed by atoms with Gasteiger partial charge in [-0.2, -0.15) is 0 Å². The van der Waals surface area contributed by atoms with Crippen LogP contribution in [0.2, 0.25) is 0 Å². The molecule has 0 saturated carbocycles. The van der Waals surface area contributed by atoms with Gasteiger partial charge in [0, 0.05) is 19.0 Å². The van der Waals surface area contributed by atoms with E-state index in [1.54, 1.807) is 0 Å². The second-order valence-electron chi connectivity index (χ2n) is 8.24. The number of likely N-dealkylation sites (tertiary alicyclic amines) is 2. The fraction of sp³-hybridized carbons (Fsp3) is 0.850. The topological polar surface area (TPSA) is 58.8 Å². The summed E-state index contributed by atoms with van der Waals surface area (Å²) in [6.07, 6.45) is 7.41. The number of amides is 1. The van der Waals surface area contributed by atoms with E-state index < -0.39 is 0 Å². The standard InChI is InChI=1S/C20H37N3O2/c1-16(2)12-19(14-22-9-5-4-6-10-22)25-17(3)18-8-7-11-23(13-18)15-20(21)24/h16,18-19H,3-15H2,1-2H3,(H2,21,24). The second-order valence-corrected chi connectivity index (χ2v) is 8.24. The van der Waals surface area contributed by atoms with Gasteiger partial charge in [0.2, 0.25) is 5.91 Å². The lowest BCUT2D eigenvalue weighted by molar-refractivity contribution is -0.119. The number of hydrogen-bond acceptors (Lipinski definition) is 4. The van der Waals surface area contributed by atoms with Crippen LogP contribution < -0.4 is 5.73 Å². The lowest BCUT2D eigenvalue weighted by Crippen LogP contribution is -2.42. The largest absolute Gasteiger partial charge is 0.494 e. The Kier molecular flexibility index (Phi) is 8.24. The number of nitrogens with zero attached hydrogens (tertiary/aromatic N) is 2. The molecule has 2 N–H and O–H groups in total. The molecule has 2 rings (SSSR count). The molecule has 0 spiro atoms. The lowest BCUT2D eigenvalue weighted by atomic mass is 9.96. The molecule has 0 aromatic carbocycles. The van der Waals surface area contributed by atoms with Crippen LogP contribution in [0.15, 0.2) is 12.3 Å². The van der Waals surface area contributed by atoms with Gasteiger partial charge in [-0.05, 0) is 57.7 Å². The molecule has 0 aromatic rings. The van der Waals surface area contributed by atoms with Gasteiger partial charge >= 0.3 is 0 Å². The quantitative estimate of drug-likeness (QED) is 0.649. The average Bonchev–Trinajstić information content (AvgIpc) is 2.54. The summed E-state index contributed by atoms with van der Waals surface area (Å²) < 4.78 is 6.38. The zero-order valence-corrected chi connectivity index (χ0v) is 16.2. The van der Waals surface area contributed by atoms with Crippen LogP contribution in [0.5, 0.6) is 0 Å². The van der Waals surface area contributed by atoms with Crippen LogP contribution in [-0.4, -0.2) is 61.1 Å². The molecule has 5 nitrogen and oxygen atoms in total. The smallest absolute Gasteiger partial charge is 0.231 e. The Morgan fingerprint density at radius 3 is 2.48 bits per heavy atom. The Bertz CT molecular complexity index is 433. The maximum atomic E-state index is 11.2. The van der Waals surface area contributed by atoms with E-state index in [-0.39, 0.29) is 12.0 Å². The van der Waals surface area contributed by atoms with Crippen LogP contribution in [0.1, 0.15) is 52.4 Å². The Morgan fingerprint density at radius 2 is 1.84 bits per heavy atom. The number of hydrogen-bond donors (Lipinski definition) is 1. The van der Waals surface area contributed by atoms with Crippen LogP contribution in [-0.2, 0) is 9.53 Å². The van der Waals surface area contributed by atoms with Crippen LogP contribution in [0, 0.1) is 11.8 Å². The van der Waals surface area contributed by atoms with Gasteiger partial charge in [0.05, 0.1) is 12.3 Å². The maximum absolute atomic E-state index is 11.2. The molecule has 2 atom stereocenters. The third-order valence-electron chi connectivity index (χ3n) is 5.30. The third-order valence-corrected chi connectivity index (χ3v) is 5.30. The van der Waals surface area contributed by atoms with Gasteiger partial charge in [0.1, 0.15) is 6.10 Å². The normalized spacial score (nSPS) is 24.2. The molecule has 0 radical (unpaired) electrons. The summed E-state index contributed by atoms with van der Waals surface area (Å²) in [7, 11) is 0. The van der Waals surface area contributed by atoms with Crippen molar-refractivity contribution in [1.29, 1.82) is 0 Å². The highest BCUT2D eigenvalue weighted by molar-refractivity contribution is 5.75. The Morgan fingerprint density at radius 1 is 1.16 bits per heavy atom. The maximum Gasteiger partial charge on any atom is 0.231 e. The molecule has 0 bridgehead atoms. The van der Waals surface area contributed by atoms with Crippen LogP contribution in [0.4, 0.5) is 0 Å². The first-order valence-electron chi connectivity index (χ1n) is 10.0. The molecule has 25 heavy (non-hydrogen) atoms. The van der Waals surface area contributed by atoms with Crippen molar-refractivity contribution in [3.63, 3.8) is 0 Å². The summed E-state index contributed by atoms with van der Waals surface area (Å²) in [6.45, 7) is 14.3. The zero-order chi connectivity index (χ0) is 18.2. The van der Waals surface area contributed by atoms with Gasteiger partial charge in [-0.3, -0.25) is 14.6 Å². The van der Waals surface area contributed by atoms with E-state index >= 15 is 0 Å². The minimum atomic E-state index is -0.255. The van der Waals surface area contributed by atoms with Crippen molar-refractivity contribution in [3.8, 4) is 0 Å². The van der Waals surface area contributed by atoms with Gasteiger partial charge in [0.15, 0.2) is 0 Å². The second kappa shape index (κ2) is 10.2. The van der Waals surface area contributed by atoms with E-state index in [0.717, 1.165) is 44.7 Å². The highest BCUT2D eigenvalue weighted by atomic mass is 16.5. The van der Waals surface area contributed by atoms with Gasteiger partial charge < -0.3 is 10.5 Å². The predicted octanol–water partition coefficient (Wildman–Crippen LogP) is 2.61. The molecular formula is C20H37N3O2. The molecule has 2 unspecified atom stereocenters. The summed E-state index contributed by atoms with van der Waals surface area (Å²) in [4.78, 5) is 15.9. The first-order chi connectivity index (χ1) is 11.9. The number of carbonyl (C=O) groups excluding carboxylic acids is 1. The first-order valence-corrected chi connectivity index (χ1v) is 10.0. The predicted molar refractivity (Wildman–Crippen MR) is 102 cm³/mol. The highest BCUT2D eigenvalue weighted by Crippen LogP contribution is 2.26. The molecule has 2 heterocycles. The van der Waals surface area contributed by atoms with E-state index in [1.807, 2.05) is 0 Å². The van der Waals surface area contributed by atoms with Crippen LogP contribution in [0.25, 0.3) is 0 Å². The van der Waals surface area contributed by atoms with Gasteiger partial charge in [0.25, 0.3) is 0 Å². The summed E-state index contributed by atoms with van der Waals surface area (Å²) in [5.41, 5.74) is 5.34. The van der Waals surface area contributed by atoms with E-state index in [4.69, 9.17) is 10.5 Å². The number of rotatable bonds is 9. The number of primary amides is 1. The first kappa shape index (κ1) is 20.2. The molecule has 2 aliphatic rings. The number of carbonyl (C=O) groups is 1. The third kappa shape index (κ3) is 7.37. The van der Waals surface area contributed by atoms with Crippen molar-refractivity contribution in [2.75, 3.05) is 39.3 Å². The molecule has 0 aromatic heterocycles. The Hall–Kier alpha value is -1.07. The summed E-state index contributed by atoms with van der Waals surface area (Å²) in [6, 6.07) is 0. The van der Waals surface area contributed by atoms with Crippen LogP contribution in [0.3, 0.4) is 0 Å². The Balaban J connectivity index is 1.87. The molecule has 5 heteroatoms. The van der Waals surface area contributed by atoms with Crippen molar-refractivity contribution in [2.45, 2.75) is 58.5 Å². The number of piperidine rings is 2. The van der Waals surface area contributed by atoms with E-state index in [2.05, 4.69) is 30.2 Å². The number of ether oxygens (including phenoxy) is 1. The van der Waals surface area contributed by atoms with Gasteiger partial charge in [-0.15, -0.1) is 0 Å². The summed E-state index contributed by atoms with van der Waals surface area (Å²) >= 11 is 0. The van der Waals surface area contributed by atoms with Gasteiger partial charge in [-0.25, -0.2) is 0 Å².